The third-order valence-corrected chi connectivity index (χ3v) is 6.69. The Bertz CT molecular complexity index is 475. The van der Waals surface area contributed by atoms with Crippen molar-refractivity contribution in [3.63, 3.8) is 0 Å². The van der Waals surface area contributed by atoms with Gasteiger partial charge in [0.2, 0.25) is 5.91 Å². The molecule has 2 saturated heterocycles. The van der Waals surface area contributed by atoms with Crippen LogP contribution in [0.2, 0.25) is 0 Å². The van der Waals surface area contributed by atoms with Gasteiger partial charge in [-0.05, 0) is 38.8 Å². The van der Waals surface area contributed by atoms with Gasteiger partial charge >= 0.3 is 0 Å². The number of nitrogens with one attached hydrogen (secondary N) is 1. The predicted octanol–water partition coefficient (Wildman–Crippen LogP) is -0.400. The van der Waals surface area contributed by atoms with Crippen LogP contribution in [0.25, 0.3) is 0 Å². The van der Waals surface area contributed by atoms with Crippen molar-refractivity contribution in [2.45, 2.75) is 37.3 Å². The van der Waals surface area contributed by atoms with Crippen LogP contribution in [0, 0.1) is 5.92 Å². The monoisotopic (exact) mass is 338 g/mol. The number of hydrogen-bond donors (Lipinski definition) is 2. The number of amides is 1. The Labute approximate surface area is 130 Å². The van der Waals surface area contributed by atoms with Gasteiger partial charge in [0, 0.05) is 0 Å². The van der Waals surface area contributed by atoms with Gasteiger partial charge in [-0.25, -0.2) is 8.42 Å². The van der Waals surface area contributed by atoms with E-state index >= 15 is 0 Å². The number of alkyl halides is 1. The van der Waals surface area contributed by atoms with Crippen LogP contribution in [-0.2, 0) is 14.6 Å². The molecule has 0 aromatic heterocycles. The number of halogens is 1. The van der Waals surface area contributed by atoms with Crippen molar-refractivity contribution in [1.82, 2.24) is 10.2 Å². The zero-order chi connectivity index (χ0) is 15.6. The molecule has 0 aromatic rings. The molecule has 0 aromatic carbocycles. The van der Waals surface area contributed by atoms with E-state index in [4.69, 9.17) is 11.6 Å². The zero-order valence-corrected chi connectivity index (χ0v) is 13.7. The van der Waals surface area contributed by atoms with E-state index in [0.29, 0.717) is 5.92 Å². The Balaban J connectivity index is 1.76. The molecule has 2 N–H and O–H groups in total. The fraction of sp³-hybridized carbons (Fsp3) is 0.923. The molecule has 3 atom stereocenters. The highest BCUT2D eigenvalue weighted by Crippen LogP contribution is 2.21. The third kappa shape index (κ3) is 4.81. The fourth-order valence-corrected chi connectivity index (χ4v) is 5.54. The first-order valence-corrected chi connectivity index (χ1v) is 9.57. The Morgan fingerprint density at radius 2 is 2.00 bits per heavy atom. The predicted molar refractivity (Wildman–Crippen MR) is 81.1 cm³/mol. The van der Waals surface area contributed by atoms with E-state index in [0.717, 1.165) is 25.9 Å². The van der Waals surface area contributed by atoms with Gasteiger partial charge in [0.05, 0.1) is 35.6 Å². The number of sulfone groups is 1. The summed E-state index contributed by atoms with van der Waals surface area (Å²) in [5, 5.41) is 11.7. The van der Waals surface area contributed by atoms with Crippen LogP contribution >= 0.6 is 11.6 Å². The largest absolute Gasteiger partial charge is 0.393 e. The number of nitrogens with zero attached hydrogens (tertiary/aromatic N) is 1. The maximum atomic E-state index is 12.0. The molecule has 21 heavy (non-hydrogen) atoms. The second-order valence-corrected chi connectivity index (χ2v) is 8.84. The van der Waals surface area contributed by atoms with Crippen molar-refractivity contribution in [1.29, 1.82) is 0 Å². The summed E-state index contributed by atoms with van der Waals surface area (Å²) in [7, 11) is -3.13. The lowest BCUT2D eigenvalue weighted by Crippen LogP contribution is -2.47. The molecule has 3 unspecified atom stereocenters. The van der Waals surface area contributed by atoms with Crippen LogP contribution in [0.3, 0.4) is 0 Å². The van der Waals surface area contributed by atoms with Crippen molar-refractivity contribution in [3.8, 4) is 0 Å². The van der Waals surface area contributed by atoms with Gasteiger partial charge in [-0.3, -0.25) is 9.69 Å². The molecule has 0 radical (unpaired) electrons. The summed E-state index contributed by atoms with van der Waals surface area (Å²) < 4.78 is 22.9. The van der Waals surface area contributed by atoms with E-state index in [1.54, 1.807) is 6.92 Å². The van der Waals surface area contributed by atoms with Crippen molar-refractivity contribution in [2.24, 2.45) is 5.92 Å². The van der Waals surface area contributed by atoms with Gasteiger partial charge in [-0.15, -0.1) is 11.6 Å². The molecular formula is C13H23ClN2O4S. The molecule has 1 amide bonds. The molecule has 2 fully saturated rings. The fourth-order valence-electron chi connectivity index (χ4n) is 2.99. The Hall–Kier alpha value is -0.370. The lowest BCUT2D eigenvalue weighted by atomic mass is 9.92. The number of carbonyl (C=O) groups excluding carboxylic acids is 1. The maximum Gasteiger partial charge on any atom is 0.234 e. The normalized spacial score (nSPS) is 32.0. The summed E-state index contributed by atoms with van der Waals surface area (Å²) in [5.41, 5.74) is 0. The Morgan fingerprint density at radius 1 is 1.38 bits per heavy atom. The van der Waals surface area contributed by atoms with E-state index in [9.17, 15) is 18.3 Å². The summed E-state index contributed by atoms with van der Waals surface area (Å²) in [4.78, 5) is 14.0. The van der Waals surface area contributed by atoms with Crippen molar-refractivity contribution in [2.75, 3.05) is 31.1 Å². The minimum absolute atomic E-state index is 0.0702. The van der Waals surface area contributed by atoms with Crippen LogP contribution in [-0.4, -0.2) is 73.0 Å². The molecule has 6 nitrogen and oxygen atoms in total. The smallest absolute Gasteiger partial charge is 0.234 e. The molecule has 0 bridgehead atoms. The quantitative estimate of drug-likeness (QED) is 0.681. The Morgan fingerprint density at radius 3 is 2.48 bits per heavy atom. The van der Waals surface area contributed by atoms with E-state index < -0.39 is 21.3 Å². The van der Waals surface area contributed by atoms with Gasteiger partial charge in [0.1, 0.15) is 0 Å². The van der Waals surface area contributed by atoms with Crippen LogP contribution in [0.5, 0.6) is 0 Å². The highest BCUT2D eigenvalue weighted by atomic mass is 35.5. The van der Waals surface area contributed by atoms with Crippen molar-refractivity contribution >= 4 is 27.3 Å². The topological polar surface area (TPSA) is 86.7 Å². The number of carbonyl (C=O) groups is 1. The molecule has 2 aliphatic rings. The summed E-state index contributed by atoms with van der Waals surface area (Å²) in [6, 6.07) is -0.487. The van der Waals surface area contributed by atoms with Crippen LogP contribution in [0.15, 0.2) is 0 Å². The lowest BCUT2D eigenvalue weighted by molar-refractivity contribution is -0.123. The Kier molecular flexibility index (Phi) is 5.51. The summed E-state index contributed by atoms with van der Waals surface area (Å²) >= 11 is 5.97. The highest BCUT2D eigenvalue weighted by molar-refractivity contribution is 7.91. The average Bonchev–Trinajstić information content (AvgIpc) is 2.62. The molecule has 0 spiro atoms. The summed E-state index contributed by atoms with van der Waals surface area (Å²) in [6.45, 7) is 3.60. The first-order valence-electron chi connectivity index (χ1n) is 7.31. The number of hydrogen-bond acceptors (Lipinski definition) is 5. The first kappa shape index (κ1) is 17.0. The highest BCUT2D eigenvalue weighted by Gasteiger charge is 2.37. The summed E-state index contributed by atoms with van der Waals surface area (Å²) in [5.74, 6) is -0.0224. The van der Waals surface area contributed by atoms with Crippen LogP contribution in [0.1, 0.15) is 19.8 Å². The average molecular weight is 339 g/mol. The molecule has 0 saturated carbocycles. The van der Waals surface area contributed by atoms with E-state index in [-0.39, 0.29) is 30.1 Å². The number of piperidine rings is 1. The number of rotatable bonds is 4. The molecule has 122 valence electrons. The van der Waals surface area contributed by atoms with Crippen molar-refractivity contribution < 1.29 is 18.3 Å². The van der Waals surface area contributed by atoms with Crippen LogP contribution in [0.4, 0.5) is 0 Å². The number of aliphatic hydroxyl groups is 1. The van der Waals surface area contributed by atoms with E-state index in [2.05, 4.69) is 5.32 Å². The lowest BCUT2D eigenvalue weighted by Gasteiger charge is -2.33. The maximum absolute atomic E-state index is 12.0. The summed E-state index contributed by atoms with van der Waals surface area (Å²) in [6.07, 6.45) is 1.45. The molecule has 2 aliphatic heterocycles. The zero-order valence-electron chi connectivity index (χ0n) is 12.2. The van der Waals surface area contributed by atoms with Gasteiger partial charge in [0.25, 0.3) is 0 Å². The second-order valence-electron chi connectivity index (χ2n) is 6.12. The molecule has 8 heteroatoms. The molecular weight excluding hydrogens is 316 g/mol. The molecule has 0 aliphatic carbocycles. The van der Waals surface area contributed by atoms with E-state index in [1.165, 1.54) is 0 Å². The minimum atomic E-state index is -3.13. The van der Waals surface area contributed by atoms with E-state index in [1.807, 2.05) is 4.90 Å². The van der Waals surface area contributed by atoms with Gasteiger partial charge in [0.15, 0.2) is 9.84 Å². The van der Waals surface area contributed by atoms with Gasteiger partial charge < -0.3 is 10.4 Å². The standard InChI is InChI=1S/C13H23ClN2O4S/c1-9(17)10-2-4-16(5-3-10)6-13(18)15-12-8-21(19,20)7-11(12)14/h9-12,17H,2-8H2,1H3,(H,15,18). The third-order valence-electron chi connectivity index (χ3n) is 4.31. The SMILES string of the molecule is CC(O)C1CCN(CC(=O)NC2CS(=O)(=O)CC2Cl)CC1. The first-order chi connectivity index (χ1) is 9.77. The van der Waals surface area contributed by atoms with Gasteiger partial charge in [-0.1, -0.05) is 0 Å². The minimum Gasteiger partial charge on any atom is -0.393 e. The second kappa shape index (κ2) is 6.81. The van der Waals surface area contributed by atoms with Crippen LogP contribution < -0.4 is 5.32 Å². The number of likely N-dealkylation sites (tertiary alicyclic amines) is 1. The van der Waals surface area contributed by atoms with Crippen molar-refractivity contribution in [3.05, 3.63) is 0 Å². The molecule has 2 rings (SSSR count). The molecule has 2 heterocycles. The number of aliphatic hydroxyl groups excluding tert-OH is 1. The van der Waals surface area contributed by atoms with Gasteiger partial charge in [-0.2, -0.15) is 0 Å².